The van der Waals surface area contributed by atoms with Gasteiger partial charge in [-0.05, 0) is 76.6 Å². The number of nitrogens with zero attached hydrogens (tertiary/aromatic N) is 4. The minimum absolute atomic E-state index is 0.0445. The number of aryl methyl sites for hydroxylation is 1. The quantitative estimate of drug-likeness (QED) is 0.179. The topological polar surface area (TPSA) is 66.4 Å². The van der Waals surface area contributed by atoms with Crippen LogP contribution in [0, 0.1) is 6.92 Å². The Balaban J connectivity index is 1.34. The van der Waals surface area contributed by atoms with Gasteiger partial charge in [0.15, 0.2) is 0 Å². The van der Waals surface area contributed by atoms with Gasteiger partial charge in [-0.2, -0.15) is 0 Å². The maximum Gasteiger partial charge on any atom is 0.247 e. The van der Waals surface area contributed by atoms with Crippen molar-refractivity contribution in [1.29, 1.82) is 0 Å². The summed E-state index contributed by atoms with van der Waals surface area (Å²) in [5.74, 6) is -0.278. The van der Waals surface area contributed by atoms with E-state index in [0.717, 1.165) is 39.8 Å². The van der Waals surface area contributed by atoms with Crippen molar-refractivity contribution in [3.05, 3.63) is 161 Å². The zero-order valence-electron chi connectivity index (χ0n) is 25.4. The molecule has 0 aliphatic carbocycles. The summed E-state index contributed by atoms with van der Waals surface area (Å²) >= 11 is 0. The molecule has 45 heavy (non-hydrogen) atoms. The third-order valence-electron chi connectivity index (χ3n) is 8.31. The first-order valence-corrected chi connectivity index (χ1v) is 15.3. The molecule has 5 aromatic rings. The van der Waals surface area contributed by atoms with Gasteiger partial charge in [0, 0.05) is 50.7 Å². The van der Waals surface area contributed by atoms with E-state index < -0.39 is 6.04 Å². The van der Waals surface area contributed by atoms with E-state index in [1.807, 2.05) is 90.7 Å². The third-order valence-corrected chi connectivity index (χ3v) is 8.31. The predicted octanol–water partition coefficient (Wildman–Crippen LogP) is 6.69. The summed E-state index contributed by atoms with van der Waals surface area (Å²) < 4.78 is 0. The van der Waals surface area contributed by atoms with Crippen molar-refractivity contribution in [3.8, 4) is 11.1 Å². The van der Waals surface area contributed by atoms with Gasteiger partial charge in [0.1, 0.15) is 6.04 Å². The van der Waals surface area contributed by atoms with Crippen LogP contribution in [0.1, 0.15) is 33.5 Å². The number of fused-ring (bicyclic) bond motifs is 1. The van der Waals surface area contributed by atoms with E-state index >= 15 is 0 Å². The maximum absolute atomic E-state index is 14.5. The molecule has 6 heteroatoms. The molecule has 0 fully saturated rings. The number of hydrogen-bond donors (Lipinski definition) is 0. The second-order valence-corrected chi connectivity index (χ2v) is 11.5. The first-order chi connectivity index (χ1) is 22.0. The zero-order chi connectivity index (χ0) is 31.0. The van der Waals surface area contributed by atoms with Crippen LogP contribution in [0.25, 0.3) is 17.2 Å². The highest BCUT2D eigenvalue weighted by Crippen LogP contribution is 2.24. The molecule has 0 bridgehead atoms. The molecule has 6 rings (SSSR count). The maximum atomic E-state index is 14.5. The van der Waals surface area contributed by atoms with Crippen LogP contribution in [-0.2, 0) is 35.5 Å². The minimum Gasteiger partial charge on any atom is -0.336 e. The first kappa shape index (κ1) is 29.7. The standard InChI is InChI=1S/C39H36N4O2/c1-29-11-16-36(41-26-29)17-18-38(44)43(27-31-12-14-33(15-13-31)34-19-22-40-23-20-34)37(25-30-7-3-2-4-8-30)39(45)42-24-21-32-9-5-6-10-35(32)28-42/h2-20,22-23,26,37H,21,24-25,27-28H2,1H3/b18-17+/t37-/m0/s1. The van der Waals surface area contributed by atoms with Crippen LogP contribution in [0.3, 0.4) is 0 Å². The van der Waals surface area contributed by atoms with Crippen molar-refractivity contribution < 1.29 is 9.59 Å². The first-order valence-electron chi connectivity index (χ1n) is 15.3. The summed E-state index contributed by atoms with van der Waals surface area (Å²) in [5.41, 5.74) is 8.25. The zero-order valence-corrected chi connectivity index (χ0v) is 25.4. The van der Waals surface area contributed by atoms with Gasteiger partial charge in [-0.1, -0.05) is 84.9 Å². The second-order valence-electron chi connectivity index (χ2n) is 11.5. The van der Waals surface area contributed by atoms with E-state index in [4.69, 9.17) is 0 Å². The SMILES string of the molecule is Cc1ccc(/C=C/C(=O)N(Cc2ccc(-c3ccncc3)cc2)[C@@H](Cc2ccccc2)C(=O)N2CCc3ccccc3C2)nc1. The lowest BCUT2D eigenvalue weighted by Gasteiger charge is -2.37. The number of amides is 2. The van der Waals surface area contributed by atoms with Crippen LogP contribution in [-0.4, -0.2) is 44.2 Å². The molecule has 0 unspecified atom stereocenters. The van der Waals surface area contributed by atoms with Gasteiger partial charge in [-0.25, -0.2) is 0 Å². The fraction of sp³-hybridized carbons (Fsp3) is 0.179. The number of hydrogen-bond acceptors (Lipinski definition) is 4. The predicted molar refractivity (Wildman–Crippen MR) is 178 cm³/mol. The van der Waals surface area contributed by atoms with Gasteiger partial charge in [0.05, 0.1) is 5.69 Å². The fourth-order valence-electron chi connectivity index (χ4n) is 5.78. The van der Waals surface area contributed by atoms with E-state index in [1.165, 1.54) is 5.56 Å². The van der Waals surface area contributed by atoms with Crippen molar-refractivity contribution in [1.82, 2.24) is 19.8 Å². The number of aromatic nitrogens is 2. The van der Waals surface area contributed by atoms with Crippen LogP contribution >= 0.6 is 0 Å². The van der Waals surface area contributed by atoms with Crippen molar-refractivity contribution >= 4 is 17.9 Å². The minimum atomic E-state index is -0.694. The normalized spacial score (nSPS) is 13.3. The molecule has 224 valence electrons. The molecule has 6 nitrogen and oxygen atoms in total. The Hall–Kier alpha value is -5.36. The Labute approximate surface area is 264 Å². The average Bonchev–Trinajstić information content (AvgIpc) is 3.10. The third kappa shape index (κ3) is 7.42. The summed E-state index contributed by atoms with van der Waals surface area (Å²) in [4.78, 5) is 40.8. The summed E-state index contributed by atoms with van der Waals surface area (Å²) in [7, 11) is 0. The largest absolute Gasteiger partial charge is 0.336 e. The van der Waals surface area contributed by atoms with Crippen LogP contribution in [0.15, 0.2) is 128 Å². The van der Waals surface area contributed by atoms with Crippen LogP contribution in [0.2, 0.25) is 0 Å². The molecule has 3 aromatic carbocycles. The highest BCUT2D eigenvalue weighted by atomic mass is 16.2. The number of pyridine rings is 2. The molecule has 1 aliphatic rings. The molecule has 0 spiro atoms. The summed E-state index contributed by atoms with van der Waals surface area (Å²) in [6.07, 6.45) is 9.80. The Morgan fingerprint density at radius 1 is 0.822 bits per heavy atom. The van der Waals surface area contributed by atoms with Gasteiger partial charge in [-0.15, -0.1) is 0 Å². The Morgan fingerprint density at radius 3 is 2.27 bits per heavy atom. The molecule has 0 N–H and O–H groups in total. The molecular formula is C39H36N4O2. The average molecular weight is 593 g/mol. The van der Waals surface area contributed by atoms with E-state index in [1.54, 1.807) is 35.6 Å². The van der Waals surface area contributed by atoms with Crippen molar-refractivity contribution in [2.24, 2.45) is 0 Å². The lowest BCUT2D eigenvalue weighted by Crippen LogP contribution is -2.52. The molecule has 3 heterocycles. The Kier molecular flexibility index (Phi) is 9.21. The molecule has 0 saturated carbocycles. The second kappa shape index (κ2) is 14.0. The highest BCUT2D eigenvalue weighted by molar-refractivity contribution is 5.95. The highest BCUT2D eigenvalue weighted by Gasteiger charge is 2.34. The smallest absolute Gasteiger partial charge is 0.247 e. The van der Waals surface area contributed by atoms with Gasteiger partial charge in [0.2, 0.25) is 11.8 Å². The fourth-order valence-corrected chi connectivity index (χ4v) is 5.78. The van der Waals surface area contributed by atoms with Crippen LogP contribution < -0.4 is 0 Å². The van der Waals surface area contributed by atoms with E-state index in [0.29, 0.717) is 25.2 Å². The van der Waals surface area contributed by atoms with Crippen LogP contribution in [0.5, 0.6) is 0 Å². The number of carbonyl (C=O) groups is 2. The molecule has 2 amide bonds. The van der Waals surface area contributed by atoms with Crippen molar-refractivity contribution in [2.45, 2.75) is 38.9 Å². The lowest BCUT2D eigenvalue weighted by molar-refractivity contribution is -0.144. The number of carbonyl (C=O) groups excluding carboxylic acids is 2. The molecule has 2 aromatic heterocycles. The molecule has 0 radical (unpaired) electrons. The monoisotopic (exact) mass is 592 g/mol. The summed E-state index contributed by atoms with van der Waals surface area (Å²) in [6, 6.07) is 33.5. The van der Waals surface area contributed by atoms with E-state index in [9.17, 15) is 9.59 Å². The summed E-state index contributed by atoms with van der Waals surface area (Å²) in [5, 5.41) is 0. The van der Waals surface area contributed by atoms with E-state index in [-0.39, 0.29) is 18.4 Å². The van der Waals surface area contributed by atoms with Crippen molar-refractivity contribution in [3.63, 3.8) is 0 Å². The molecule has 1 atom stereocenters. The lowest BCUT2D eigenvalue weighted by atomic mass is 9.97. The summed E-state index contributed by atoms with van der Waals surface area (Å²) in [6.45, 7) is 3.42. The van der Waals surface area contributed by atoms with Gasteiger partial charge >= 0.3 is 0 Å². The molecular weight excluding hydrogens is 556 g/mol. The number of benzene rings is 3. The Bertz CT molecular complexity index is 1770. The van der Waals surface area contributed by atoms with Gasteiger partial charge in [-0.3, -0.25) is 19.6 Å². The van der Waals surface area contributed by atoms with Gasteiger partial charge < -0.3 is 9.80 Å². The molecule has 1 aliphatic heterocycles. The van der Waals surface area contributed by atoms with E-state index in [2.05, 4.69) is 34.2 Å². The molecule has 0 saturated heterocycles. The van der Waals surface area contributed by atoms with Crippen molar-refractivity contribution in [2.75, 3.05) is 6.54 Å². The Morgan fingerprint density at radius 2 is 1.53 bits per heavy atom. The van der Waals surface area contributed by atoms with Gasteiger partial charge in [0.25, 0.3) is 0 Å². The van der Waals surface area contributed by atoms with Crippen LogP contribution in [0.4, 0.5) is 0 Å². The number of rotatable bonds is 9.